The van der Waals surface area contributed by atoms with Gasteiger partial charge in [-0.3, -0.25) is 0 Å². The van der Waals surface area contributed by atoms with Crippen LogP contribution in [-0.2, 0) is 0 Å². The van der Waals surface area contributed by atoms with Crippen molar-refractivity contribution in [3.8, 4) is 61.3 Å². The van der Waals surface area contributed by atoms with Crippen molar-refractivity contribution >= 4 is 60.8 Å². The smallest absolute Gasteiger partial charge is 0.136 e. The Kier molecular flexibility index (Phi) is 9.84. The lowest BCUT2D eigenvalue weighted by Crippen LogP contribution is -2.11. The summed E-state index contributed by atoms with van der Waals surface area (Å²) in [5.74, 6) is 0. The van der Waals surface area contributed by atoms with E-state index < -0.39 is 0 Å². The van der Waals surface area contributed by atoms with E-state index in [1.165, 1.54) is 49.6 Å². The van der Waals surface area contributed by atoms with Crippen LogP contribution in [0.2, 0.25) is 0 Å². The van der Waals surface area contributed by atoms with Gasteiger partial charge in [0.25, 0.3) is 0 Å². The summed E-state index contributed by atoms with van der Waals surface area (Å²) in [6, 6.07) is 96.0. The maximum atomic E-state index is 6.41. The van der Waals surface area contributed by atoms with E-state index in [-0.39, 0.29) is 0 Å². The summed E-state index contributed by atoms with van der Waals surface area (Å²) in [6.45, 7) is 0. The molecular weight excluding hydrogens is 837 g/mol. The molecule has 0 atom stereocenters. The van der Waals surface area contributed by atoms with Crippen molar-refractivity contribution in [1.82, 2.24) is 4.57 Å². The van der Waals surface area contributed by atoms with Crippen LogP contribution in [0.25, 0.3) is 105 Å². The molecule has 13 aromatic rings. The van der Waals surface area contributed by atoms with Crippen molar-refractivity contribution in [2.45, 2.75) is 0 Å². The van der Waals surface area contributed by atoms with E-state index in [4.69, 9.17) is 4.42 Å². The molecule has 13 rings (SSSR count). The predicted octanol–water partition coefficient (Wildman–Crippen LogP) is 18.5. The second-order valence-electron chi connectivity index (χ2n) is 17.7. The highest BCUT2D eigenvalue weighted by molar-refractivity contribution is 6.14. The Morgan fingerprint density at radius 1 is 0.290 bits per heavy atom. The normalized spacial score (nSPS) is 11.5. The number of aromatic nitrogens is 1. The molecule has 69 heavy (non-hydrogen) atoms. The van der Waals surface area contributed by atoms with Crippen LogP contribution in [0.4, 0.5) is 17.1 Å². The number of rotatable bonds is 9. The van der Waals surface area contributed by atoms with Gasteiger partial charge in [0.15, 0.2) is 0 Å². The molecule has 11 aromatic carbocycles. The molecule has 3 heteroatoms. The number of nitrogens with zero attached hydrogens (tertiary/aromatic N) is 2. The van der Waals surface area contributed by atoms with Gasteiger partial charge in [-0.2, -0.15) is 0 Å². The molecule has 0 unspecified atom stereocenters. The van der Waals surface area contributed by atoms with Crippen molar-refractivity contribution < 1.29 is 4.42 Å². The highest BCUT2D eigenvalue weighted by Gasteiger charge is 2.21. The minimum Gasteiger partial charge on any atom is -0.456 e. The van der Waals surface area contributed by atoms with Gasteiger partial charge in [-0.1, -0.05) is 194 Å². The second kappa shape index (κ2) is 16.9. The Hall–Kier alpha value is -9.18. The summed E-state index contributed by atoms with van der Waals surface area (Å²) in [7, 11) is 0. The van der Waals surface area contributed by atoms with Gasteiger partial charge in [0.05, 0.1) is 16.7 Å². The van der Waals surface area contributed by atoms with Gasteiger partial charge in [0, 0.05) is 44.2 Å². The predicted molar refractivity (Wildman–Crippen MR) is 290 cm³/mol. The van der Waals surface area contributed by atoms with E-state index in [2.05, 4.69) is 270 Å². The van der Waals surface area contributed by atoms with E-state index in [0.29, 0.717) is 0 Å². The first kappa shape index (κ1) is 40.1. The van der Waals surface area contributed by atoms with Gasteiger partial charge in [0.1, 0.15) is 11.2 Å². The van der Waals surface area contributed by atoms with Crippen molar-refractivity contribution in [3.63, 3.8) is 0 Å². The first-order chi connectivity index (χ1) is 34.2. The molecule has 0 fully saturated rings. The molecule has 324 valence electrons. The standard InChI is InChI=1S/C66H44N2O/c1-2-15-45(16-3-1)50-17-12-18-51(43-50)52-19-13-20-55(44-52)67(61-26-8-6-23-58(61)59-25-14-30-65-66(59)60-24-7-11-29-64(60)69-65)53-39-35-48(36-40-53)46-31-33-47(34-32-46)49-37-41-54(42-38-49)68-62-27-9-4-21-56(62)57-22-5-10-28-63(57)68/h1-44H. The van der Waals surface area contributed by atoms with Gasteiger partial charge in [-0.15, -0.1) is 0 Å². The molecule has 2 aromatic heterocycles. The second-order valence-corrected chi connectivity index (χ2v) is 17.7. The summed E-state index contributed by atoms with van der Waals surface area (Å²) in [6.07, 6.45) is 0. The summed E-state index contributed by atoms with van der Waals surface area (Å²) in [5.41, 5.74) is 20.2. The summed E-state index contributed by atoms with van der Waals surface area (Å²) < 4.78 is 8.77. The van der Waals surface area contributed by atoms with Crippen LogP contribution in [0.5, 0.6) is 0 Å². The van der Waals surface area contributed by atoms with Gasteiger partial charge in [-0.25, -0.2) is 0 Å². The average molecular weight is 881 g/mol. The van der Waals surface area contributed by atoms with Crippen LogP contribution >= 0.6 is 0 Å². The molecule has 0 aliphatic heterocycles. The Labute approximate surface area is 401 Å². The summed E-state index contributed by atoms with van der Waals surface area (Å²) in [4.78, 5) is 2.40. The summed E-state index contributed by atoms with van der Waals surface area (Å²) in [5, 5.41) is 4.76. The van der Waals surface area contributed by atoms with Crippen LogP contribution < -0.4 is 4.90 Å². The molecule has 0 aliphatic carbocycles. The first-order valence-corrected chi connectivity index (χ1v) is 23.6. The third-order valence-electron chi connectivity index (χ3n) is 13.6. The SMILES string of the molecule is c1ccc(-c2cccc(-c3cccc(N(c4ccc(-c5ccc(-c6ccc(-n7c8ccccc8c8ccccc87)cc6)cc5)cc4)c4ccccc4-c4cccc5oc6ccccc6c45)c3)c2)cc1. The largest absolute Gasteiger partial charge is 0.456 e. The van der Waals surface area contributed by atoms with Crippen LogP contribution in [-0.4, -0.2) is 4.57 Å². The van der Waals surface area contributed by atoms with Gasteiger partial charge < -0.3 is 13.9 Å². The Balaban J connectivity index is 0.866. The highest BCUT2D eigenvalue weighted by atomic mass is 16.3. The number of benzene rings is 11. The zero-order valence-corrected chi connectivity index (χ0v) is 37.7. The van der Waals surface area contributed by atoms with Crippen LogP contribution in [0.3, 0.4) is 0 Å². The number of furan rings is 1. The molecular formula is C66H44N2O. The lowest BCUT2D eigenvalue weighted by Gasteiger charge is -2.28. The molecule has 0 amide bonds. The number of fused-ring (bicyclic) bond motifs is 6. The molecule has 0 saturated heterocycles. The maximum Gasteiger partial charge on any atom is 0.136 e. The number of anilines is 3. The zero-order valence-electron chi connectivity index (χ0n) is 37.7. The first-order valence-electron chi connectivity index (χ1n) is 23.6. The van der Waals surface area contributed by atoms with Crippen molar-refractivity contribution in [2.24, 2.45) is 0 Å². The van der Waals surface area contributed by atoms with E-state index in [9.17, 15) is 0 Å². The molecule has 0 bridgehead atoms. The fourth-order valence-corrected chi connectivity index (χ4v) is 10.3. The lowest BCUT2D eigenvalue weighted by atomic mass is 9.96. The highest BCUT2D eigenvalue weighted by Crippen LogP contribution is 2.46. The molecule has 0 N–H and O–H groups in total. The van der Waals surface area contributed by atoms with Crippen LogP contribution in [0, 0.1) is 0 Å². The molecule has 0 radical (unpaired) electrons. The number of para-hydroxylation sites is 4. The quantitative estimate of drug-likeness (QED) is 0.144. The Morgan fingerprint density at radius 2 is 0.754 bits per heavy atom. The summed E-state index contributed by atoms with van der Waals surface area (Å²) >= 11 is 0. The van der Waals surface area contributed by atoms with E-state index >= 15 is 0 Å². The molecule has 0 aliphatic rings. The van der Waals surface area contributed by atoms with E-state index in [0.717, 1.165) is 72.5 Å². The fraction of sp³-hybridized carbons (Fsp3) is 0. The zero-order chi connectivity index (χ0) is 45.7. The lowest BCUT2D eigenvalue weighted by molar-refractivity contribution is 0.669. The van der Waals surface area contributed by atoms with Crippen molar-refractivity contribution in [3.05, 3.63) is 267 Å². The molecule has 0 spiro atoms. The molecule has 0 saturated carbocycles. The number of hydrogen-bond donors (Lipinski definition) is 0. The molecule has 2 heterocycles. The van der Waals surface area contributed by atoms with Crippen molar-refractivity contribution in [1.29, 1.82) is 0 Å². The topological polar surface area (TPSA) is 21.3 Å². The number of hydrogen-bond acceptors (Lipinski definition) is 2. The van der Waals surface area contributed by atoms with Gasteiger partial charge >= 0.3 is 0 Å². The van der Waals surface area contributed by atoms with E-state index in [1.807, 2.05) is 6.07 Å². The molecule has 3 nitrogen and oxygen atoms in total. The van der Waals surface area contributed by atoms with Crippen LogP contribution in [0.15, 0.2) is 271 Å². The van der Waals surface area contributed by atoms with Gasteiger partial charge in [-0.05, 0) is 123 Å². The van der Waals surface area contributed by atoms with Crippen molar-refractivity contribution in [2.75, 3.05) is 4.90 Å². The van der Waals surface area contributed by atoms with E-state index in [1.54, 1.807) is 0 Å². The Bertz CT molecular complexity index is 3940. The minimum atomic E-state index is 0.877. The maximum absolute atomic E-state index is 6.41. The van der Waals surface area contributed by atoms with Crippen LogP contribution in [0.1, 0.15) is 0 Å². The Morgan fingerprint density at radius 3 is 1.45 bits per heavy atom. The average Bonchev–Trinajstić information content (AvgIpc) is 3.98. The third-order valence-corrected chi connectivity index (χ3v) is 13.6. The van der Waals surface area contributed by atoms with Gasteiger partial charge in [0.2, 0.25) is 0 Å². The monoisotopic (exact) mass is 880 g/mol. The fourth-order valence-electron chi connectivity index (χ4n) is 10.3. The minimum absolute atomic E-state index is 0.877. The third kappa shape index (κ3) is 7.16.